The number of carboxylic acid groups (broad SMARTS) is 1. The van der Waals surface area contributed by atoms with Crippen molar-refractivity contribution in [3.05, 3.63) is 35.7 Å². The minimum Gasteiger partial charge on any atom is -0.478 e. The highest BCUT2D eigenvalue weighted by Gasteiger charge is 2.25. The molecule has 1 aliphatic rings. The lowest BCUT2D eigenvalue weighted by Crippen LogP contribution is -2.36. The molecule has 2 N–H and O–H groups in total. The third kappa shape index (κ3) is 3.66. The molecule has 1 heterocycles. The van der Waals surface area contributed by atoms with E-state index in [1.807, 2.05) is 0 Å². The van der Waals surface area contributed by atoms with Crippen LogP contribution in [0.3, 0.4) is 0 Å². The maximum absolute atomic E-state index is 12.1. The van der Waals surface area contributed by atoms with Crippen molar-refractivity contribution in [1.82, 2.24) is 10.3 Å². The molecule has 2 unspecified atom stereocenters. The summed E-state index contributed by atoms with van der Waals surface area (Å²) in [5, 5.41) is 11.6. The molecule has 1 aromatic rings. The Labute approximate surface area is 117 Å². The third-order valence-corrected chi connectivity index (χ3v) is 3.62. The number of hydrogen-bond acceptors (Lipinski definition) is 3. The van der Waals surface area contributed by atoms with Crippen LogP contribution >= 0.6 is 0 Å². The molecule has 1 aromatic heterocycles. The van der Waals surface area contributed by atoms with Crippen LogP contribution in [0.15, 0.2) is 24.5 Å². The van der Waals surface area contributed by atoms with Crippen LogP contribution in [-0.4, -0.2) is 28.0 Å². The number of pyridine rings is 1. The molecule has 0 aliphatic heterocycles. The number of rotatable bonds is 4. The van der Waals surface area contributed by atoms with E-state index >= 15 is 0 Å². The molecule has 2 atom stereocenters. The molecule has 0 radical (unpaired) electrons. The molecule has 0 aromatic carbocycles. The van der Waals surface area contributed by atoms with E-state index in [4.69, 9.17) is 5.11 Å². The van der Waals surface area contributed by atoms with E-state index in [1.54, 1.807) is 6.07 Å². The minimum atomic E-state index is -1.03. The molecule has 20 heavy (non-hydrogen) atoms. The fraction of sp³-hybridized carbons (Fsp3) is 0.400. The highest BCUT2D eigenvalue weighted by Crippen LogP contribution is 2.25. The summed E-state index contributed by atoms with van der Waals surface area (Å²) in [6, 6.07) is 1.86. The Morgan fingerprint density at radius 2 is 2.20 bits per heavy atom. The molecule has 0 bridgehead atoms. The molecule has 1 fully saturated rings. The van der Waals surface area contributed by atoms with E-state index in [2.05, 4.69) is 17.2 Å². The number of hydrogen-bond donors (Lipinski definition) is 2. The van der Waals surface area contributed by atoms with E-state index in [0.29, 0.717) is 17.0 Å². The van der Waals surface area contributed by atoms with Crippen LogP contribution < -0.4 is 5.32 Å². The number of nitrogens with one attached hydrogen (secondary N) is 1. The Kier molecular flexibility index (Phi) is 4.50. The van der Waals surface area contributed by atoms with E-state index in [9.17, 15) is 9.59 Å². The first-order valence-corrected chi connectivity index (χ1v) is 6.73. The van der Waals surface area contributed by atoms with Crippen molar-refractivity contribution < 1.29 is 14.7 Å². The topological polar surface area (TPSA) is 79.3 Å². The second-order valence-electron chi connectivity index (χ2n) is 5.17. The molecule has 106 valence electrons. The van der Waals surface area contributed by atoms with Crippen LogP contribution in [-0.2, 0) is 4.79 Å². The molecular weight excluding hydrogens is 256 g/mol. The summed E-state index contributed by atoms with van der Waals surface area (Å²) in [5.41, 5.74) is 1.05. The minimum absolute atomic E-state index is 0.151. The van der Waals surface area contributed by atoms with Crippen molar-refractivity contribution in [3.8, 4) is 0 Å². The highest BCUT2D eigenvalue weighted by molar-refractivity contribution is 5.95. The fourth-order valence-corrected chi connectivity index (χ4v) is 2.45. The average Bonchev–Trinajstić information content (AvgIpc) is 2.82. The number of amides is 1. The van der Waals surface area contributed by atoms with Gasteiger partial charge in [0.05, 0.1) is 5.56 Å². The number of carboxylic acids is 1. The molecule has 1 amide bonds. The van der Waals surface area contributed by atoms with E-state index in [0.717, 1.165) is 25.3 Å². The van der Waals surface area contributed by atoms with Gasteiger partial charge in [-0.25, -0.2) is 4.79 Å². The van der Waals surface area contributed by atoms with Gasteiger partial charge in [0.25, 0.3) is 5.91 Å². The van der Waals surface area contributed by atoms with Gasteiger partial charge in [0, 0.05) is 24.5 Å². The van der Waals surface area contributed by atoms with E-state index in [-0.39, 0.29) is 11.9 Å². The van der Waals surface area contributed by atoms with Crippen LogP contribution in [0.4, 0.5) is 0 Å². The van der Waals surface area contributed by atoms with Crippen molar-refractivity contribution in [2.45, 2.75) is 32.2 Å². The number of carbonyl (C=O) groups excluding carboxylic acids is 1. The van der Waals surface area contributed by atoms with Gasteiger partial charge < -0.3 is 10.4 Å². The molecule has 1 aliphatic carbocycles. The molecule has 2 rings (SSSR count). The summed E-state index contributed by atoms with van der Waals surface area (Å²) < 4.78 is 0. The number of aliphatic carboxylic acids is 1. The Hall–Kier alpha value is -2.17. The van der Waals surface area contributed by atoms with Crippen LogP contribution in [0.5, 0.6) is 0 Å². The van der Waals surface area contributed by atoms with E-state index < -0.39 is 5.97 Å². The predicted molar refractivity (Wildman–Crippen MR) is 75.2 cm³/mol. The van der Waals surface area contributed by atoms with Crippen LogP contribution in [0.1, 0.15) is 42.1 Å². The van der Waals surface area contributed by atoms with Crippen molar-refractivity contribution in [1.29, 1.82) is 0 Å². The summed E-state index contributed by atoms with van der Waals surface area (Å²) in [6.07, 6.45) is 8.76. The molecule has 0 spiro atoms. The van der Waals surface area contributed by atoms with Gasteiger partial charge in [-0.1, -0.05) is 13.3 Å². The Balaban J connectivity index is 2.06. The second-order valence-corrected chi connectivity index (χ2v) is 5.17. The van der Waals surface area contributed by atoms with E-state index in [1.165, 1.54) is 18.5 Å². The van der Waals surface area contributed by atoms with Gasteiger partial charge in [-0.05, 0) is 36.5 Å². The molecule has 5 nitrogen and oxygen atoms in total. The summed E-state index contributed by atoms with van der Waals surface area (Å²) in [6.45, 7) is 2.14. The maximum atomic E-state index is 12.1. The quantitative estimate of drug-likeness (QED) is 0.824. The summed E-state index contributed by atoms with van der Waals surface area (Å²) in [4.78, 5) is 26.6. The standard InChI is InChI=1S/C15H18N2O3/c1-10-3-2-4-13(10)17-15(20)12-7-11(8-16-9-12)5-6-14(18)19/h5-10,13H,2-4H2,1H3,(H,17,20)(H,18,19). The van der Waals surface area contributed by atoms with Gasteiger partial charge in [-0.15, -0.1) is 0 Å². The van der Waals surface area contributed by atoms with Gasteiger partial charge in [-0.2, -0.15) is 0 Å². The van der Waals surface area contributed by atoms with Crippen molar-refractivity contribution in [2.24, 2.45) is 5.92 Å². The first-order valence-electron chi connectivity index (χ1n) is 6.73. The van der Waals surface area contributed by atoms with Gasteiger partial charge in [-0.3, -0.25) is 9.78 Å². The first-order chi connectivity index (χ1) is 9.56. The molecule has 5 heteroatoms. The zero-order valence-corrected chi connectivity index (χ0v) is 11.4. The predicted octanol–water partition coefficient (Wildman–Crippen LogP) is 2.10. The van der Waals surface area contributed by atoms with Gasteiger partial charge in [0.15, 0.2) is 0 Å². The molecule has 0 saturated heterocycles. The first kappa shape index (κ1) is 14.2. The van der Waals surface area contributed by atoms with Crippen molar-refractivity contribution in [2.75, 3.05) is 0 Å². The number of nitrogens with zero attached hydrogens (tertiary/aromatic N) is 1. The fourth-order valence-electron chi connectivity index (χ4n) is 2.45. The largest absolute Gasteiger partial charge is 0.478 e. The normalized spacial score (nSPS) is 22.1. The Bertz CT molecular complexity index is 540. The maximum Gasteiger partial charge on any atom is 0.328 e. The zero-order chi connectivity index (χ0) is 14.5. The SMILES string of the molecule is CC1CCCC1NC(=O)c1cncc(C=CC(=O)O)c1. The third-order valence-electron chi connectivity index (χ3n) is 3.62. The molecular formula is C15H18N2O3. The lowest BCUT2D eigenvalue weighted by atomic mass is 10.1. The Morgan fingerprint density at radius 1 is 1.40 bits per heavy atom. The number of carbonyl (C=O) groups is 2. The Morgan fingerprint density at radius 3 is 2.85 bits per heavy atom. The van der Waals surface area contributed by atoms with Gasteiger partial charge in [0.1, 0.15) is 0 Å². The smallest absolute Gasteiger partial charge is 0.328 e. The zero-order valence-electron chi connectivity index (χ0n) is 11.4. The van der Waals surface area contributed by atoms with Crippen molar-refractivity contribution in [3.63, 3.8) is 0 Å². The molecule has 1 saturated carbocycles. The second kappa shape index (κ2) is 6.32. The van der Waals surface area contributed by atoms with Crippen LogP contribution in [0, 0.1) is 5.92 Å². The van der Waals surface area contributed by atoms with Crippen LogP contribution in [0.25, 0.3) is 6.08 Å². The summed E-state index contributed by atoms with van der Waals surface area (Å²) >= 11 is 0. The lowest BCUT2D eigenvalue weighted by Gasteiger charge is -2.17. The van der Waals surface area contributed by atoms with Gasteiger partial charge >= 0.3 is 5.97 Å². The lowest BCUT2D eigenvalue weighted by molar-refractivity contribution is -0.131. The number of aromatic nitrogens is 1. The van der Waals surface area contributed by atoms with Crippen molar-refractivity contribution >= 4 is 18.0 Å². The average molecular weight is 274 g/mol. The highest BCUT2D eigenvalue weighted by atomic mass is 16.4. The summed E-state index contributed by atoms with van der Waals surface area (Å²) in [7, 11) is 0. The van der Waals surface area contributed by atoms with Crippen LogP contribution in [0.2, 0.25) is 0 Å². The van der Waals surface area contributed by atoms with Gasteiger partial charge in [0.2, 0.25) is 0 Å². The summed E-state index contributed by atoms with van der Waals surface area (Å²) in [5.74, 6) is -0.677. The monoisotopic (exact) mass is 274 g/mol.